The van der Waals surface area contributed by atoms with E-state index < -0.39 is 28.0 Å². The van der Waals surface area contributed by atoms with Gasteiger partial charge in [-0.25, -0.2) is 0 Å². The van der Waals surface area contributed by atoms with Gasteiger partial charge in [-0.05, 0) is 38.5 Å². The molecule has 0 fully saturated rings. The van der Waals surface area contributed by atoms with Crippen LogP contribution in [0.3, 0.4) is 0 Å². The molecule has 6 nitrogen and oxygen atoms in total. The summed E-state index contributed by atoms with van der Waals surface area (Å²) in [5.74, 6) is -0.900. The van der Waals surface area contributed by atoms with E-state index in [9.17, 15) is 22.9 Å². The Labute approximate surface area is 299 Å². The van der Waals surface area contributed by atoms with Crippen molar-refractivity contribution in [1.29, 1.82) is 0 Å². The highest BCUT2D eigenvalue weighted by Gasteiger charge is 2.26. The van der Waals surface area contributed by atoms with Crippen molar-refractivity contribution in [3.63, 3.8) is 0 Å². The highest BCUT2D eigenvalue weighted by Crippen LogP contribution is 2.16. The van der Waals surface area contributed by atoms with Crippen LogP contribution in [0.25, 0.3) is 0 Å². The van der Waals surface area contributed by atoms with Crippen LogP contribution in [0.5, 0.6) is 0 Å². The van der Waals surface area contributed by atoms with Crippen LogP contribution in [-0.4, -0.2) is 41.9 Å². The van der Waals surface area contributed by atoms with Crippen molar-refractivity contribution in [2.75, 3.05) is 5.75 Å². The fourth-order valence-electron chi connectivity index (χ4n) is 6.57. The van der Waals surface area contributed by atoms with Crippen LogP contribution in [0.2, 0.25) is 0 Å². The van der Waals surface area contributed by atoms with E-state index in [1.807, 2.05) is 0 Å². The third-order valence-corrected chi connectivity index (χ3v) is 10.5. The first-order chi connectivity index (χ1) is 23.3. The van der Waals surface area contributed by atoms with E-state index in [-0.39, 0.29) is 5.91 Å². The number of aliphatic hydroxyl groups is 1. The number of unbranched alkanes of at least 4 members (excludes halogenated alkanes) is 28. The molecule has 0 aliphatic rings. The molecule has 0 aromatic carbocycles. The van der Waals surface area contributed by atoms with Gasteiger partial charge in [-0.15, -0.1) is 0 Å². The Balaban J connectivity index is 3.81. The summed E-state index contributed by atoms with van der Waals surface area (Å²) >= 11 is 0. The fraction of sp³-hybridized carbons (Fsp3) is 0.927. The first-order valence-electron chi connectivity index (χ1n) is 20.9. The van der Waals surface area contributed by atoms with Crippen LogP contribution in [0.4, 0.5) is 0 Å². The lowest BCUT2D eigenvalue weighted by Gasteiger charge is -2.23. The molecule has 0 aromatic heterocycles. The molecule has 3 N–H and O–H groups in total. The molecule has 0 saturated carbocycles. The number of aliphatic hydroxyl groups excluding tert-OH is 1. The minimum atomic E-state index is -4.31. The summed E-state index contributed by atoms with van der Waals surface area (Å²) in [7, 11) is -4.31. The molecule has 0 aliphatic heterocycles. The van der Waals surface area contributed by atoms with Gasteiger partial charge in [-0.1, -0.05) is 193 Å². The molecule has 2 unspecified atom stereocenters. The third-order valence-electron chi connectivity index (χ3n) is 9.72. The molecule has 0 rings (SSSR count). The largest absolute Gasteiger partial charge is 0.391 e. The van der Waals surface area contributed by atoms with E-state index in [2.05, 4.69) is 31.3 Å². The molecule has 0 saturated heterocycles. The monoisotopic (exact) mass is 700 g/mol. The van der Waals surface area contributed by atoms with Gasteiger partial charge in [0.1, 0.15) is 0 Å². The van der Waals surface area contributed by atoms with E-state index in [1.54, 1.807) is 0 Å². The normalized spacial score (nSPS) is 13.3. The second kappa shape index (κ2) is 35.9. The lowest BCUT2D eigenvalue weighted by atomic mass is 10.0. The van der Waals surface area contributed by atoms with Gasteiger partial charge in [-0.3, -0.25) is 9.35 Å². The quantitative estimate of drug-likeness (QED) is 0.0338. The first kappa shape index (κ1) is 47.1. The van der Waals surface area contributed by atoms with Gasteiger partial charge >= 0.3 is 0 Å². The molecule has 0 radical (unpaired) electrons. The number of rotatable bonds is 38. The van der Waals surface area contributed by atoms with Gasteiger partial charge in [0.15, 0.2) is 0 Å². The summed E-state index contributed by atoms with van der Waals surface area (Å²) in [4.78, 5) is 12.5. The van der Waals surface area contributed by atoms with Gasteiger partial charge in [-0.2, -0.15) is 8.42 Å². The smallest absolute Gasteiger partial charge is 0.266 e. The number of carbonyl (C=O) groups excluding carboxylic acids is 1. The van der Waals surface area contributed by atoms with Crippen LogP contribution >= 0.6 is 0 Å². The van der Waals surface area contributed by atoms with Gasteiger partial charge < -0.3 is 10.4 Å². The van der Waals surface area contributed by atoms with Crippen LogP contribution in [-0.2, 0) is 14.9 Å². The highest BCUT2D eigenvalue weighted by atomic mass is 32.2. The first-order valence-corrected chi connectivity index (χ1v) is 22.5. The van der Waals surface area contributed by atoms with Crippen LogP contribution < -0.4 is 5.32 Å². The van der Waals surface area contributed by atoms with Gasteiger partial charge in [0.25, 0.3) is 10.1 Å². The predicted molar refractivity (Wildman–Crippen MR) is 207 cm³/mol. The number of carbonyl (C=O) groups is 1. The minimum Gasteiger partial charge on any atom is -0.391 e. The van der Waals surface area contributed by atoms with Gasteiger partial charge in [0.2, 0.25) is 5.91 Å². The zero-order valence-electron chi connectivity index (χ0n) is 31.9. The Morgan fingerprint density at radius 2 is 0.875 bits per heavy atom. The maximum atomic E-state index is 12.5. The summed E-state index contributed by atoms with van der Waals surface area (Å²) in [5, 5.41) is 13.4. The maximum absolute atomic E-state index is 12.5. The van der Waals surface area contributed by atoms with Crippen molar-refractivity contribution in [3.05, 3.63) is 12.2 Å². The Bertz CT molecular complexity index is 816. The number of nitrogens with one attached hydrogen (secondary N) is 1. The summed E-state index contributed by atoms with van der Waals surface area (Å²) in [6.45, 7) is 4.51. The topological polar surface area (TPSA) is 104 Å². The molecule has 0 bridgehead atoms. The van der Waals surface area contributed by atoms with Gasteiger partial charge in [0.05, 0.1) is 17.9 Å². The molecule has 0 aromatic rings. The average Bonchev–Trinajstić information content (AvgIpc) is 3.05. The molecule has 48 heavy (non-hydrogen) atoms. The van der Waals surface area contributed by atoms with E-state index in [0.717, 1.165) is 51.4 Å². The minimum absolute atomic E-state index is 0.253. The molecular formula is C41H81NO5S. The number of hydrogen-bond donors (Lipinski definition) is 3. The van der Waals surface area contributed by atoms with Crippen molar-refractivity contribution >= 4 is 16.0 Å². The van der Waals surface area contributed by atoms with E-state index in [1.165, 1.54) is 148 Å². The van der Waals surface area contributed by atoms with Gasteiger partial charge in [0, 0.05) is 6.42 Å². The number of allylic oxidation sites excluding steroid dienone is 2. The average molecular weight is 700 g/mol. The van der Waals surface area contributed by atoms with Crippen molar-refractivity contribution in [2.45, 2.75) is 238 Å². The van der Waals surface area contributed by atoms with Crippen LogP contribution in [0.1, 0.15) is 226 Å². The molecular weight excluding hydrogens is 619 g/mol. The van der Waals surface area contributed by atoms with E-state index in [4.69, 9.17) is 0 Å². The Hall–Kier alpha value is -0.920. The highest BCUT2D eigenvalue weighted by molar-refractivity contribution is 7.85. The lowest BCUT2D eigenvalue weighted by Crippen LogP contribution is -2.47. The Kier molecular flexibility index (Phi) is 35.2. The molecule has 0 spiro atoms. The summed E-state index contributed by atoms with van der Waals surface area (Å²) < 4.78 is 32.5. The summed E-state index contributed by atoms with van der Waals surface area (Å²) in [6, 6.07) is -0.971. The third kappa shape index (κ3) is 36.4. The molecule has 1 amide bonds. The van der Waals surface area contributed by atoms with Crippen molar-refractivity contribution < 1.29 is 22.9 Å². The SMILES string of the molecule is CCCCCC/C=C\CCCCCCCC(=O)NC(CS(=O)(=O)O)C(O)CCCCCCCCCCCCCCCCCCCCCC. The van der Waals surface area contributed by atoms with Crippen molar-refractivity contribution in [1.82, 2.24) is 5.32 Å². The van der Waals surface area contributed by atoms with E-state index >= 15 is 0 Å². The number of hydrogen-bond acceptors (Lipinski definition) is 4. The second-order valence-corrected chi connectivity index (χ2v) is 16.1. The summed E-state index contributed by atoms with van der Waals surface area (Å²) in [6.07, 6.45) is 43.1. The molecule has 286 valence electrons. The van der Waals surface area contributed by atoms with Crippen molar-refractivity contribution in [2.24, 2.45) is 0 Å². The lowest BCUT2D eigenvalue weighted by molar-refractivity contribution is -0.122. The number of amides is 1. The van der Waals surface area contributed by atoms with Crippen molar-refractivity contribution in [3.8, 4) is 0 Å². The zero-order valence-corrected chi connectivity index (χ0v) is 32.7. The predicted octanol–water partition coefficient (Wildman–Crippen LogP) is 12.2. The zero-order chi connectivity index (χ0) is 35.4. The molecule has 0 heterocycles. The van der Waals surface area contributed by atoms with Crippen LogP contribution in [0.15, 0.2) is 12.2 Å². The molecule has 0 aliphatic carbocycles. The summed E-state index contributed by atoms with van der Waals surface area (Å²) in [5.41, 5.74) is 0. The standard InChI is InChI=1S/C41H81NO5S/c1-3-5-7-9-11-13-15-17-18-19-20-21-22-23-25-26-28-30-32-34-36-40(43)39(38-48(45,46)47)42-41(44)37-35-33-31-29-27-24-16-14-12-10-8-6-4-2/h14,16,39-40,43H,3-13,15,17-38H2,1-2H3,(H,42,44)(H,45,46,47)/b16-14-. The second-order valence-electron chi connectivity index (χ2n) is 14.6. The fourth-order valence-corrected chi connectivity index (χ4v) is 7.33. The van der Waals surface area contributed by atoms with E-state index in [0.29, 0.717) is 12.8 Å². The maximum Gasteiger partial charge on any atom is 0.266 e. The Morgan fingerprint density at radius 1 is 0.542 bits per heavy atom. The molecule has 7 heteroatoms. The van der Waals surface area contributed by atoms with Crippen LogP contribution in [0, 0.1) is 0 Å². The Morgan fingerprint density at radius 3 is 1.27 bits per heavy atom. The molecule has 2 atom stereocenters.